The van der Waals surface area contributed by atoms with Crippen LogP contribution in [0.3, 0.4) is 0 Å². The summed E-state index contributed by atoms with van der Waals surface area (Å²) in [6.45, 7) is 8.25. The van der Waals surface area contributed by atoms with Gasteiger partial charge < -0.3 is 15.1 Å². The van der Waals surface area contributed by atoms with E-state index in [2.05, 4.69) is 26.1 Å². The Kier molecular flexibility index (Phi) is 7.22. The molecular formula is C20H30ClN3O2S. The molecule has 0 bridgehead atoms. The van der Waals surface area contributed by atoms with Gasteiger partial charge >= 0.3 is 0 Å². The molecule has 1 N–H and O–H groups in total. The molecule has 0 aliphatic carbocycles. The monoisotopic (exact) mass is 411 g/mol. The van der Waals surface area contributed by atoms with Gasteiger partial charge in [0.1, 0.15) is 6.04 Å². The van der Waals surface area contributed by atoms with Crippen LogP contribution in [-0.2, 0) is 10.2 Å². The average molecular weight is 412 g/mol. The first-order valence-corrected chi connectivity index (χ1v) is 10.4. The number of likely N-dealkylation sites (N-methyl/N-ethyl adjacent to an activating group) is 1. The summed E-state index contributed by atoms with van der Waals surface area (Å²) in [4.78, 5) is 29.5. The van der Waals surface area contributed by atoms with Crippen LogP contribution in [0.2, 0.25) is 0 Å². The first-order chi connectivity index (χ1) is 12.3. The standard InChI is InChI=1S/C20H29N3O2S.ClH/c1-20(2,3)15-7-5-14(6-8-15)18(24)23-13-26-12-17(23)19(25)22(4)16-9-10-21-11-16;/h5-8,16-17,21H,9-13H2,1-4H3;1H. The minimum atomic E-state index is -0.361. The highest BCUT2D eigenvalue weighted by Crippen LogP contribution is 2.27. The summed E-state index contributed by atoms with van der Waals surface area (Å²) in [5.74, 6) is 1.26. The number of nitrogens with zero attached hydrogens (tertiary/aromatic N) is 2. The van der Waals surface area contributed by atoms with E-state index >= 15 is 0 Å². The lowest BCUT2D eigenvalue weighted by atomic mass is 9.86. The van der Waals surface area contributed by atoms with Gasteiger partial charge in [-0.25, -0.2) is 0 Å². The number of amides is 2. The largest absolute Gasteiger partial charge is 0.340 e. The van der Waals surface area contributed by atoms with E-state index in [-0.39, 0.29) is 41.7 Å². The Balaban J connectivity index is 0.00000261. The molecule has 0 aromatic heterocycles. The summed E-state index contributed by atoms with van der Waals surface area (Å²) >= 11 is 1.65. The van der Waals surface area contributed by atoms with Gasteiger partial charge in [0.2, 0.25) is 5.91 Å². The molecule has 2 aliphatic heterocycles. The fourth-order valence-corrected chi connectivity index (χ4v) is 4.66. The second-order valence-corrected chi connectivity index (χ2v) is 9.21. The van der Waals surface area contributed by atoms with Gasteiger partial charge in [-0.3, -0.25) is 9.59 Å². The van der Waals surface area contributed by atoms with Crippen LogP contribution in [0.1, 0.15) is 43.1 Å². The van der Waals surface area contributed by atoms with Crippen molar-refractivity contribution >= 4 is 36.0 Å². The van der Waals surface area contributed by atoms with Crippen molar-refractivity contribution in [3.63, 3.8) is 0 Å². The third kappa shape index (κ3) is 4.79. The molecule has 1 aromatic carbocycles. The van der Waals surface area contributed by atoms with Crippen molar-refractivity contribution in [3.8, 4) is 0 Å². The van der Waals surface area contributed by atoms with E-state index in [1.807, 2.05) is 36.2 Å². The minimum absolute atomic E-state index is 0. The predicted octanol–water partition coefficient (Wildman–Crippen LogP) is 2.74. The second kappa shape index (κ2) is 8.84. The van der Waals surface area contributed by atoms with Gasteiger partial charge in [0.25, 0.3) is 5.91 Å². The number of rotatable bonds is 3. The van der Waals surface area contributed by atoms with Crippen molar-refractivity contribution in [2.45, 2.75) is 44.7 Å². The van der Waals surface area contributed by atoms with Crippen LogP contribution in [0.25, 0.3) is 0 Å². The number of benzene rings is 1. The van der Waals surface area contributed by atoms with Crippen molar-refractivity contribution in [1.29, 1.82) is 0 Å². The first kappa shape index (κ1) is 22.1. The van der Waals surface area contributed by atoms with E-state index in [0.29, 0.717) is 17.2 Å². The number of nitrogens with one attached hydrogen (secondary N) is 1. The molecule has 2 heterocycles. The molecule has 2 aliphatic rings. The summed E-state index contributed by atoms with van der Waals surface area (Å²) in [5.41, 5.74) is 1.91. The summed E-state index contributed by atoms with van der Waals surface area (Å²) in [5, 5.41) is 3.30. The smallest absolute Gasteiger partial charge is 0.255 e. The Morgan fingerprint density at radius 3 is 2.44 bits per heavy atom. The molecule has 0 radical (unpaired) electrons. The van der Waals surface area contributed by atoms with E-state index < -0.39 is 0 Å². The van der Waals surface area contributed by atoms with E-state index in [9.17, 15) is 9.59 Å². The molecule has 0 spiro atoms. The molecule has 2 saturated heterocycles. The van der Waals surface area contributed by atoms with Crippen LogP contribution in [0.15, 0.2) is 24.3 Å². The average Bonchev–Trinajstić information content (AvgIpc) is 3.30. The minimum Gasteiger partial charge on any atom is -0.340 e. The topological polar surface area (TPSA) is 52.7 Å². The fourth-order valence-electron chi connectivity index (χ4n) is 3.51. The third-order valence-corrected chi connectivity index (χ3v) is 6.37. The van der Waals surface area contributed by atoms with Crippen molar-refractivity contribution in [3.05, 3.63) is 35.4 Å². The van der Waals surface area contributed by atoms with Gasteiger partial charge in [0.15, 0.2) is 0 Å². The van der Waals surface area contributed by atoms with Crippen LogP contribution in [0, 0.1) is 0 Å². The number of thioether (sulfide) groups is 1. The predicted molar refractivity (Wildman–Crippen MR) is 114 cm³/mol. The molecule has 1 aromatic rings. The molecule has 2 atom stereocenters. The molecule has 2 fully saturated rings. The maximum atomic E-state index is 13.0. The molecule has 2 unspecified atom stereocenters. The van der Waals surface area contributed by atoms with E-state index in [1.165, 1.54) is 5.56 Å². The molecule has 150 valence electrons. The van der Waals surface area contributed by atoms with Gasteiger partial charge in [-0.1, -0.05) is 32.9 Å². The molecule has 3 rings (SSSR count). The van der Waals surface area contributed by atoms with Crippen LogP contribution in [0.4, 0.5) is 0 Å². The van der Waals surface area contributed by atoms with Crippen molar-refractivity contribution in [2.24, 2.45) is 0 Å². The maximum absolute atomic E-state index is 13.0. The Hall–Kier alpha value is -1.24. The molecular weight excluding hydrogens is 382 g/mol. The molecule has 7 heteroatoms. The lowest BCUT2D eigenvalue weighted by Crippen LogP contribution is -2.51. The van der Waals surface area contributed by atoms with E-state index in [4.69, 9.17) is 0 Å². The van der Waals surface area contributed by atoms with Gasteiger partial charge in [-0.15, -0.1) is 24.2 Å². The fraction of sp³-hybridized carbons (Fsp3) is 0.600. The summed E-state index contributed by atoms with van der Waals surface area (Å²) < 4.78 is 0. The lowest BCUT2D eigenvalue weighted by Gasteiger charge is -2.30. The highest BCUT2D eigenvalue weighted by molar-refractivity contribution is 7.99. The van der Waals surface area contributed by atoms with Crippen LogP contribution < -0.4 is 5.32 Å². The number of halogens is 1. The molecule has 5 nitrogen and oxygen atoms in total. The normalized spacial score (nSPS) is 22.4. The first-order valence-electron chi connectivity index (χ1n) is 9.25. The Bertz CT molecular complexity index is 669. The Morgan fingerprint density at radius 2 is 1.89 bits per heavy atom. The zero-order valence-electron chi connectivity index (χ0n) is 16.5. The number of hydrogen-bond donors (Lipinski definition) is 1. The van der Waals surface area contributed by atoms with Crippen molar-refractivity contribution in [1.82, 2.24) is 15.1 Å². The van der Waals surface area contributed by atoms with Crippen LogP contribution in [-0.4, -0.2) is 65.5 Å². The zero-order valence-corrected chi connectivity index (χ0v) is 18.2. The molecule has 27 heavy (non-hydrogen) atoms. The van der Waals surface area contributed by atoms with Crippen LogP contribution in [0.5, 0.6) is 0 Å². The van der Waals surface area contributed by atoms with E-state index in [1.54, 1.807) is 16.7 Å². The summed E-state index contributed by atoms with van der Waals surface area (Å²) in [6, 6.07) is 7.68. The lowest BCUT2D eigenvalue weighted by molar-refractivity contribution is -0.135. The van der Waals surface area contributed by atoms with Crippen LogP contribution >= 0.6 is 24.2 Å². The molecule has 2 amide bonds. The number of carbonyl (C=O) groups is 2. The van der Waals surface area contributed by atoms with Gasteiger partial charge in [-0.2, -0.15) is 0 Å². The zero-order chi connectivity index (χ0) is 18.9. The number of carbonyl (C=O) groups excluding carboxylic acids is 2. The van der Waals surface area contributed by atoms with Gasteiger partial charge in [-0.05, 0) is 36.1 Å². The van der Waals surface area contributed by atoms with Gasteiger partial charge in [0, 0.05) is 31.0 Å². The summed E-state index contributed by atoms with van der Waals surface area (Å²) in [6.07, 6.45) is 0.977. The van der Waals surface area contributed by atoms with E-state index in [0.717, 1.165) is 19.5 Å². The highest BCUT2D eigenvalue weighted by atomic mass is 35.5. The van der Waals surface area contributed by atoms with Crippen molar-refractivity contribution in [2.75, 3.05) is 31.8 Å². The Morgan fingerprint density at radius 1 is 1.22 bits per heavy atom. The maximum Gasteiger partial charge on any atom is 0.255 e. The van der Waals surface area contributed by atoms with Crippen molar-refractivity contribution < 1.29 is 9.59 Å². The van der Waals surface area contributed by atoms with Gasteiger partial charge in [0.05, 0.1) is 5.88 Å². The second-order valence-electron chi connectivity index (χ2n) is 8.21. The third-order valence-electron chi connectivity index (χ3n) is 5.36. The Labute approximate surface area is 172 Å². The SMILES string of the molecule is CN(C(=O)C1CSCN1C(=O)c1ccc(C(C)(C)C)cc1)C1CCNC1.Cl. The molecule has 0 saturated carbocycles. The summed E-state index contributed by atoms with van der Waals surface area (Å²) in [7, 11) is 1.86. The highest BCUT2D eigenvalue weighted by Gasteiger charge is 2.38. The quantitative estimate of drug-likeness (QED) is 0.830. The number of hydrogen-bond acceptors (Lipinski definition) is 4.